The van der Waals surface area contributed by atoms with Gasteiger partial charge in [0, 0.05) is 10.0 Å². The summed E-state index contributed by atoms with van der Waals surface area (Å²) in [4.78, 5) is 23.7. The Balaban J connectivity index is 1.93. The van der Waals surface area contributed by atoms with E-state index in [1.54, 1.807) is 24.3 Å². The molecule has 0 bridgehead atoms. The summed E-state index contributed by atoms with van der Waals surface area (Å²) in [7, 11) is 0. The van der Waals surface area contributed by atoms with Crippen LogP contribution in [0.1, 0.15) is 17.3 Å². The molecule has 0 N–H and O–H groups in total. The van der Waals surface area contributed by atoms with Crippen molar-refractivity contribution in [3.8, 4) is 0 Å². The van der Waals surface area contributed by atoms with Crippen LogP contribution in [0.25, 0.3) is 0 Å². The highest BCUT2D eigenvalue weighted by molar-refractivity contribution is 9.10. The molecule has 0 aliphatic rings. The molecule has 7 nitrogen and oxygen atoms in total. The number of aromatic nitrogens is 4. The molecule has 0 unspecified atom stereocenters. The summed E-state index contributed by atoms with van der Waals surface area (Å²) < 4.78 is 7.15. The number of carbonyl (C=O) groups excluding carboxylic acids is 2. The van der Waals surface area contributed by atoms with E-state index in [4.69, 9.17) is 4.74 Å². The van der Waals surface area contributed by atoms with Crippen molar-refractivity contribution < 1.29 is 14.3 Å². The normalized spacial score (nSPS) is 11.9. The molecule has 0 saturated heterocycles. The number of benzene rings is 1. The number of hydrogen-bond donors (Lipinski definition) is 0. The molecule has 0 amide bonds. The Morgan fingerprint density at radius 1 is 1.35 bits per heavy atom. The van der Waals surface area contributed by atoms with Gasteiger partial charge < -0.3 is 4.74 Å². The minimum absolute atomic E-state index is 0.134. The first kappa shape index (κ1) is 14.3. The number of Topliss-reactive ketones (excluding diaryl/α,β-unsaturated/α-hetero) is 1. The van der Waals surface area contributed by atoms with Crippen LogP contribution in [-0.4, -0.2) is 38.1 Å². The summed E-state index contributed by atoms with van der Waals surface area (Å²) in [5.41, 5.74) is 0.482. The number of nitrogens with zero attached hydrogens (tertiary/aromatic N) is 4. The first-order valence-corrected chi connectivity index (χ1v) is 6.55. The van der Waals surface area contributed by atoms with Crippen molar-refractivity contribution in [2.75, 3.05) is 0 Å². The monoisotopic (exact) mass is 338 g/mol. The third kappa shape index (κ3) is 3.70. The van der Waals surface area contributed by atoms with Crippen LogP contribution < -0.4 is 0 Å². The van der Waals surface area contributed by atoms with Crippen molar-refractivity contribution in [3.05, 3.63) is 40.6 Å². The zero-order chi connectivity index (χ0) is 14.5. The zero-order valence-electron chi connectivity index (χ0n) is 10.6. The number of halogens is 1. The van der Waals surface area contributed by atoms with E-state index in [1.807, 2.05) is 0 Å². The molecule has 1 atom stereocenters. The summed E-state index contributed by atoms with van der Waals surface area (Å²) in [6.45, 7) is 1.40. The van der Waals surface area contributed by atoms with Gasteiger partial charge in [-0.2, -0.15) is 0 Å². The first-order chi connectivity index (χ1) is 9.56. The van der Waals surface area contributed by atoms with Crippen molar-refractivity contribution in [2.24, 2.45) is 0 Å². The quantitative estimate of drug-likeness (QED) is 0.602. The molecule has 0 aliphatic heterocycles. The lowest BCUT2D eigenvalue weighted by molar-refractivity contribution is -0.147. The van der Waals surface area contributed by atoms with E-state index in [9.17, 15) is 9.59 Å². The van der Waals surface area contributed by atoms with Gasteiger partial charge in [-0.1, -0.05) is 28.1 Å². The predicted molar refractivity (Wildman–Crippen MR) is 71.8 cm³/mol. The molecule has 0 saturated carbocycles. The maximum atomic E-state index is 12.1. The highest BCUT2D eigenvalue weighted by Crippen LogP contribution is 2.13. The van der Waals surface area contributed by atoms with Crippen LogP contribution in [-0.2, 0) is 16.1 Å². The van der Waals surface area contributed by atoms with Gasteiger partial charge >= 0.3 is 5.97 Å². The molecule has 8 heteroatoms. The fourth-order valence-electron chi connectivity index (χ4n) is 1.52. The van der Waals surface area contributed by atoms with E-state index in [0.29, 0.717) is 5.56 Å². The number of esters is 1. The van der Waals surface area contributed by atoms with Crippen molar-refractivity contribution in [3.63, 3.8) is 0 Å². The maximum absolute atomic E-state index is 12.1. The lowest BCUT2D eigenvalue weighted by Gasteiger charge is -2.12. The maximum Gasteiger partial charge on any atom is 0.328 e. The minimum Gasteiger partial charge on any atom is -0.453 e. The van der Waals surface area contributed by atoms with E-state index in [1.165, 1.54) is 17.9 Å². The molecule has 0 aliphatic carbocycles. The summed E-state index contributed by atoms with van der Waals surface area (Å²) in [5, 5.41) is 10.3. The van der Waals surface area contributed by atoms with Crippen LogP contribution in [0.15, 0.2) is 35.1 Å². The second kappa shape index (κ2) is 6.38. The molecule has 0 radical (unpaired) electrons. The topological polar surface area (TPSA) is 87.0 Å². The van der Waals surface area contributed by atoms with Crippen molar-refractivity contribution in [1.29, 1.82) is 0 Å². The number of carbonyl (C=O) groups is 2. The summed E-state index contributed by atoms with van der Waals surface area (Å²) in [5.74, 6) is -0.835. The van der Waals surface area contributed by atoms with Crippen molar-refractivity contribution in [1.82, 2.24) is 20.2 Å². The van der Waals surface area contributed by atoms with Gasteiger partial charge in [0.2, 0.25) is 5.78 Å². The minimum atomic E-state index is -0.861. The van der Waals surface area contributed by atoms with Gasteiger partial charge in [0.1, 0.15) is 12.9 Å². The molecule has 104 valence electrons. The predicted octanol–water partition coefficient (Wildman–Crippen LogP) is 1.25. The lowest BCUT2D eigenvalue weighted by atomic mass is 10.1. The number of rotatable bonds is 5. The molecule has 0 spiro atoms. The van der Waals surface area contributed by atoms with Gasteiger partial charge in [-0.15, -0.1) is 5.10 Å². The second-order valence-electron chi connectivity index (χ2n) is 4.01. The fraction of sp³-hybridized carbons (Fsp3) is 0.250. The number of ketones is 1. The van der Waals surface area contributed by atoms with E-state index in [2.05, 4.69) is 31.5 Å². The molecular weight excluding hydrogens is 328 g/mol. The van der Waals surface area contributed by atoms with Crippen LogP contribution in [0.2, 0.25) is 0 Å². The van der Waals surface area contributed by atoms with Gasteiger partial charge in [-0.05, 0) is 29.5 Å². The smallest absolute Gasteiger partial charge is 0.328 e. The number of ether oxygens (including phenoxy) is 1. The SMILES string of the molecule is C[C@@H](OC(=O)Cn1cnnn1)C(=O)c1ccc(Br)cc1. The second-order valence-corrected chi connectivity index (χ2v) is 4.93. The molecule has 20 heavy (non-hydrogen) atoms. The van der Waals surface area contributed by atoms with Gasteiger partial charge in [0.25, 0.3) is 0 Å². The highest BCUT2D eigenvalue weighted by Gasteiger charge is 2.19. The van der Waals surface area contributed by atoms with Gasteiger partial charge in [0.05, 0.1) is 0 Å². The van der Waals surface area contributed by atoms with Crippen LogP contribution in [0.5, 0.6) is 0 Å². The van der Waals surface area contributed by atoms with E-state index in [0.717, 1.165) is 4.47 Å². The van der Waals surface area contributed by atoms with E-state index >= 15 is 0 Å². The largest absolute Gasteiger partial charge is 0.453 e. The Morgan fingerprint density at radius 2 is 2.05 bits per heavy atom. The third-order valence-corrected chi connectivity index (χ3v) is 3.02. The zero-order valence-corrected chi connectivity index (χ0v) is 12.1. The van der Waals surface area contributed by atoms with Crippen LogP contribution in [0, 0.1) is 0 Å². The van der Waals surface area contributed by atoms with Gasteiger partial charge in [-0.25, -0.2) is 4.68 Å². The number of tetrazole rings is 1. The average Bonchev–Trinajstić information content (AvgIpc) is 2.91. The lowest BCUT2D eigenvalue weighted by Crippen LogP contribution is -2.26. The molecule has 0 fully saturated rings. The van der Waals surface area contributed by atoms with Crippen molar-refractivity contribution in [2.45, 2.75) is 19.6 Å². The summed E-state index contributed by atoms with van der Waals surface area (Å²) in [6, 6.07) is 6.84. The molecular formula is C12H11BrN4O3. The molecule has 1 heterocycles. The van der Waals surface area contributed by atoms with E-state index < -0.39 is 12.1 Å². The Bertz CT molecular complexity index is 598. The highest BCUT2D eigenvalue weighted by atomic mass is 79.9. The van der Waals surface area contributed by atoms with Gasteiger partial charge in [-0.3, -0.25) is 9.59 Å². The Morgan fingerprint density at radius 3 is 2.65 bits per heavy atom. The molecule has 1 aromatic heterocycles. The Hall–Kier alpha value is -2.09. The standard InChI is InChI=1S/C12H11BrN4O3/c1-8(12(19)9-2-4-10(13)5-3-9)20-11(18)6-17-7-14-15-16-17/h2-5,7-8H,6H2,1H3/t8-/m1/s1. The van der Waals surface area contributed by atoms with Crippen LogP contribution in [0.4, 0.5) is 0 Å². The molecule has 2 rings (SSSR count). The third-order valence-electron chi connectivity index (χ3n) is 2.49. The molecule has 1 aromatic carbocycles. The van der Waals surface area contributed by atoms with Crippen LogP contribution in [0.3, 0.4) is 0 Å². The average molecular weight is 339 g/mol. The summed E-state index contributed by atoms with van der Waals surface area (Å²) in [6.07, 6.45) is 0.433. The van der Waals surface area contributed by atoms with Crippen molar-refractivity contribution >= 4 is 27.7 Å². The van der Waals surface area contributed by atoms with Crippen LogP contribution >= 0.6 is 15.9 Å². The first-order valence-electron chi connectivity index (χ1n) is 5.76. The van der Waals surface area contributed by atoms with Gasteiger partial charge in [0.15, 0.2) is 6.10 Å². The Labute approximate surface area is 123 Å². The molecule has 2 aromatic rings. The summed E-state index contributed by atoms with van der Waals surface area (Å²) >= 11 is 3.29. The number of hydrogen-bond acceptors (Lipinski definition) is 6. The van der Waals surface area contributed by atoms with E-state index in [-0.39, 0.29) is 12.3 Å². The Kier molecular flexibility index (Phi) is 4.57. The fourth-order valence-corrected chi connectivity index (χ4v) is 1.79.